The molecule has 1 aromatic carbocycles. The number of rotatable bonds is 3. The Hall–Kier alpha value is -1.26. The lowest BCUT2D eigenvalue weighted by Crippen LogP contribution is -2.62. The summed E-state index contributed by atoms with van der Waals surface area (Å²) in [5.74, 6) is -0.308. The second-order valence-corrected chi connectivity index (χ2v) is 5.67. The summed E-state index contributed by atoms with van der Waals surface area (Å²) >= 11 is 12.0. The van der Waals surface area contributed by atoms with E-state index in [-0.39, 0.29) is 11.8 Å². The van der Waals surface area contributed by atoms with Crippen molar-refractivity contribution < 1.29 is 9.59 Å². The van der Waals surface area contributed by atoms with E-state index >= 15 is 0 Å². The molecule has 1 saturated heterocycles. The van der Waals surface area contributed by atoms with Crippen LogP contribution >= 0.6 is 23.2 Å². The number of halogens is 2. The van der Waals surface area contributed by atoms with Gasteiger partial charge in [-0.1, -0.05) is 36.5 Å². The van der Waals surface area contributed by atoms with Crippen molar-refractivity contribution in [2.24, 2.45) is 0 Å². The van der Waals surface area contributed by atoms with Gasteiger partial charge in [-0.3, -0.25) is 14.5 Å². The molecule has 0 radical (unpaired) electrons. The molecule has 1 fully saturated rings. The summed E-state index contributed by atoms with van der Waals surface area (Å²) in [6.45, 7) is 3.65. The van der Waals surface area contributed by atoms with E-state index in [1.165, 1.54) is 4.90 Å². The third-order valence-corrected chi connectivity index (χ3v) is 3.90. The van der Waals surface area contributed by atoms with Gasteiger partial charge >= 0.3 is 0 Å². The van der Waals surface area contributed by atoms with E-state index in [1.807, 2.05) is 6.92 Å². The first-order chi connectivity index (χ1) is 9.45. The van der Waals surface area contributed by atoms with Crippen molar-refractivity contribution in [3.63, 3.8) is 0 Å². The predicted molar refractivity (Wildman–Crippen MR) is 80.2 cm³/mol. The fraction of sp³-hybridized carbons (Fsp3) is 0.429. The number of nitrogens with one attached hydrogen (secondary N) is 1. The second kappa shape index (κ2) is 6.02. The minimum Gasteiger partial charge on any atom is -0.342 e. The van der Waals surface area contributed by atoms with E-state index in [0.29, 0.717) is 22.2 Å². The molecule has 4 nitrogen and oxygen atoms in total. The normalized spacial score (nSPS) is 22.9. The maximum Gasteiger partial charge on any atom is 0.250 e. The lowest BCUT2D eigenvalue weighted by atomic mass is 10.0. The van der Waals surface area contributed by atoms with Crippen molar-refractivity contribution in [1.82, 2.24) is 5.32 Å². The van der Waals surface area contributed by atoms with Crippen LogP contribution in [0.25, 0.3) is 0 Å². The van der Waals surface area contributed by atoms with E-state index in [4.69, 9.17) is 23.2 Å². The Morgan fingerprint density at radius 1 is 1.30 bits per heavy atom. The van der Waals surface area contributed by atoms with Gasteiger partial charge in [0.15, 0.2) is 0 Å². The first-order valence-corrected chi connectivity index (χ1v) is 7.29. The van der Waals surface area contributed by atoms with Gasteiger partial charge in [0.1, 0.15) is 12.1 Å². The van der Waals surface area contributed by atoms with Gasteiger partial charge in [-0.2, -0.15) is 0 Å². The van der Waals surface area contributed by atoms with Crippen LogP contribution in [0.15, 0.2) is 18.2 Å². The van der Waals surface area contributed by atoms with Gasteiger partial charge in [0, 0.05) is 5.02 Å². The molecule has 6 heteroatoms. The Balaban J connectivity index is 2.40. The van der Waals surface area contributed by atoms with Crippen molar-refractivity contribution >= 4 is 40.7 Å². The van der Waals surface area contributed by atoms with Crippen molar-refractivity contribution in [2.75, 3.05) is 4.90 Å². The third-order valence-electron chi connectivity index (χ3n) is 3.37. The zero-order chi connectivity index (χ0) is 14.9. The summed E-state index contributed by atoms with van der Waals surface area (Å²) in [5.41, 5.74) is 0.518. The largest absolute Gasteiger partial charge is 0.342 e. The zero-order valence-electron chi connectivity index (χ0n) is 11.3. The molecule has 2 unspecified atom stereocenters. The third kappa shape index (κ3) is 2.76. The van der Waals surface area contributed by atoms with E-state index in [1.54, 1.807) is 25.1 Å². The molecule has 0 saturated carbocycles. The molecule has 2 atom stereocenters. The first-order valence-electron chi connectivity index (χ1n) is 6.54. The van der Waals surface area contributed by atoms with Crippen LogP contribution in [0.3, 0.4) is 0 Å². The smallest absolute Gasteiger partial charge is 0.250 e. The number of hydrogen-bond donors (Lipinski definition) is 1. The molecular formula is C14H16Cl2N2O2. The molecule has 0 spiro atoms. The standard InChI is InChI=1S/C14H16Cl2N2O2/c1-3-4-11-14(20)18(8(2)13(19)17-11)12-6-5-9(15)7-10(12)16/h5-8,11H,3-4H2,1-2H3,(H,17,19). The molecule has 0 aromatic heterocycles. The van der Waals surface area contributed by atoms with E-state index < -0.39 is 12.1 Å². The van der Waals surface area contributed by atoms with Gasteiger partial charge in [-0.05, 0) is 31.5 Å². The monoisotopic (exact) mass is 314 g/mol. The number of nitrogens with zero attached hydrogens (tertiary/aromatic N) is 1. The topological polar surface area (TPSA) is 49.4 Å². The average molecular weight is 315 g/mol. The van der Waals surface area contributed by atoms with Gasteiger partial charge in [0.2, 0.25) is 11.8 Å². The van der Waals surface area contributed by atoms with Crippen molar-refractivity contribution in [3.8, 4) is 0 Å². The lowest BCUT2D eigenvalue weighted by Gasteiger charge is -2.37. The number of carbonyl (C=O) groups is 2. The van der Waals surface area contributed by atoms with E-state index in [9.17, 15) is 9.59 Å². The van der Waals surface area contributed by atoms with Crippen LogP contribution in [0.1, 0.15) is 26.7 Å². The van der Waals surface area contributed by atoms with Crippen LogP contribution in [-0.2, 0) is 9.59 Å². The van der Waals surface area contributed by atoms with Crippen molar-refractivity contribution in [1.29, 1.82) is 0 Å². The molecule has 0 bridgehead atoms. The number of amides is 2. The van der Waals surface area contributed by atoms with Crippen molar-refractivity contribution in [3.05, 3.63) is 28.2 Å². The summed E-state index contributed by atoms with van der Waals surface area (Å²) < 4.78 is 0. The van der Waals surface area contributed by atoms with Gasteiger partial charge in [0.05, 0.1) is 10.7 Å². The SMILES string of the molecule is CCCC1NC(=O)C(C)N(c2ccc(Cl)cc2Cl)C1=O. The van der Waals surface area contributed by atoms with E-state index in [2.05, 4.69) is 5.32 Å². The van der Waals surface area contributed by atoms with Crippen LogP contribution in [0, 0.1) is 0 Å². The summed E-state index contributed by atoms with van der Waals surface area (Å²) in [7, 11) is 0. The average Bonchev–Trinajstić information content (AvgIpc) is 2.39. The number of piperazine rings is 1. The summed E-state index contributed by atoms with van der Waals surface area (Å²) in [4.78, 5) is 26.0. The molecule has 0 aliphatic carbocycles. The zero-order valence-corrected chi connectivity index (χ0v) is 12.8. The minimum absolute atomic E-state index is 0.136. The van der Waals surface area contributed by atoms with Gasteiger partial charge in [-0.15, -0.1) is 0 Å². The lowest BCUT2D eigenvalue weighted by molar-refractivity contribution is -0.133. The second-order valence-electron chi connectivity index (χ2n) is 4.83. The summed E-state index contributed by atoms with van der Waals surface area (Å²) in [6, 6.07) is 3.81. The fourth-order valence-electron chi connectivity index (χ4n) is 2.32. The predicted octanol–water partition coefficient (Wildman–Crippen LogP) is 3.01. The highest BCUT2D eigenvalue weighted by atomic mass is 35.5. The maximum atomic E-state index is 12.5. The molecule has 1 aliphatic rings. The summed E-state index contributed by atoms with van der Waals surface area (Å²) in [6.07, 6.45) is 1.42. The number of hydrogen-bond acceptors (Lipinski definition) is 2. The van der Waals surface area contributed by atoms with Crippen LogP contribution in [0.4, 0.5) is 5.69 Å². The quantitative estimate of drug-likeness (QED) is 0.932. The highest BCUT2D eigenvalue weighted by molar-refractivity contribution is 6.37. The first kappa shape index (κ1) is 15.1. The molecule has 108 valence electrons. The molecule has 20 heavy (non-hydrogen) atoms. The number of benzene rings is 1. The Morgan fingerprint density at radius 2 is 2.00 bits per heavy atom. The Morgan fingerprint density at radius 3 is 2.60 bits per heavy atom. The van der Waals surface area contributed by atoms with E-state index in [0.717, 1.165) is 6.42 Å². The molecule has 1 aromatic rings. The van der Waals surface area contributed by atoms with Gasteiger partial charge < -0.3 is 5.32 Å². The van der Waals surface area contributed by atoms with Crippen molar-refractivity contribution in [2.45, 2.75) is 38.8 Å². The van der Waals surface area contributed by atoms with Crippen LogP contribution in [0.2, 0.25) is 10.0 Å². The Kier molecular flexibility index (Phi) is 4.55. The molecule has 1 heterocycles. The highest BCUT2D eigenvalue weighted by Crippen LogP contribution is 2.32. The molecule has 1 aliphatic heterocycles. The fourth-order valence-corrected chi connectivity index (χ4v) is 2.82. The van der Waals surface area contributed by atoms with Crippen LogP contribution in [0.5, 0.6) is 0 Å². The highest BCUT2D eigenvalue weighted by Gasteiger charge is 2.39. The molecule has 1 N–H and O–H groups in total. The molecule has 2 amide bonds. The van der Waals surface area contributed by atoms with Gasteiger partial charge in [-0.25, -0.2) is 0 Å². The minimum atomic E-state index is -0.589. The number of anilines is 1. The van der Waals surface area contributed by atoms with Gasteiger partial charge in [0.25, 0.3) is 0 Å². The molecular weight excluding hydrogens is 299 g/mol. The van der Waals surface area contributed by atoms with Crippen LogP contribution < -0.4 is 10.2 Å². The molecule has 2 rings (SSSR count). The Labute approximate surface area is 128 Å². The Bertz CT molecular complexity index is 548. The number of carbonyl (C=O) groups excluding carboxylic acids is 2. The summed E-state index contributed by atoms with van der Waals surface area (Å²) in [5, 5.41) is 3.60. The van der Waals surface area contributed by atoms with Crippen LogP contribution in [-0.4, -0.2) is 23.9 Å². The maximum absolute atomic E-state index is 12.5.